The van der Waals surface area contributed by atoms with Crippen molar-refractivity contribution in [2.45, 2.75) is 6.61 Å². The Hall–Kier alpha value is -3.02. The molecule has 3 N–H and O–H groups in total. The Morgan fingerprint density at radius 3 is 2.73 bits per heavy atom. The van der Waals surface area contributed by atoms with E-state index in [4.69, 9.17) is 9.84 Å². The van der Waals surface area contributed by atoms with E-state index >= 15 is 0 Å². The lowest BCUT2D eigenvalue weighted by atomic mass is 10.2. The summed E-state index contributed by atoms with van der Waals surface area (Å²) >= 11 is 0. The fourth-order valence-corrected chi connectivity index (χ4v) is 1.74. The maximum Gasteiger partial charge on any atom is 0.407 e. The number of aromatic carboxylic acids is 1. The number of alkyl carbamates (subject to hydrolysis) is 1. The number of rotatable bonds is 6. The highest BCUT2D eigenvalue weighted by atomic mass is 16.5. The Morgan fingerprint density at radius 1 is 1.27 bits per heavy atom. The minimum absolute atomic E-state index is 0.120. The number of hydrogen-bond acceptors (Lipinski definition) is 3. The molecule has 1 heterocycles. The Balaban J connectivity index is 1.70. The molecule has 0 radical (unpaired) electrons. The summed E-state index contributed by atoms with van der Waals surface area (Å²) < 4.78 is 5.05. The number of amides is 1. The van der Waals surface area contributed by atoms with E-state index in [1.54, 1.807) is 18.3 Å². The summed E-state index contributed by atoms with van der Waals surface area (Å²) in [4.78, 5) is 24.8. The van der Waals surface area contributed by atoms with E-state index in [-0.39, 0.29) is 12.3 Å². The molecule has 114 valence electrons. The number of carboxylic acid groups (broad SMARTS) is 1. The molecule has 6 heteroatoms. The number of H-pyrrole nitrogens is 1. The fraction of sp³-hybridized carbons (Fsp3) is 0.125. The molecule has 0 aliphatic rings. The molecule has 0 saturated carbocycles. The molecule has 22 heavy (non-hydrogen) atoms. The van der Waals surface area contributed by atoms with Crippen LogP contribution in [-0.2, 0) is 11.3 Å². The van der Waals surface area contributed by atoms with Crippen molar-refractivity contribution in [2.24, 2.45) is 0 Å². The number of carbonyl (C=O) groups excluding carboxylic acids is 1. The molecule has 0 saturated heterocycles. The van der Waals surface area contributed by atoms with E-state index in [1.807, 2.05) is 30.3 Å². The summed E-state index contributed by atoms with van der Waals surface area (Å²) in [6.45, 7) is 0.511. The van der Waals surface area contributed by atoms with Gasteiger partial charge in [-0.3, -0.25) is 0 Å². The smallest absolute Gasteiger partial charge is 0.407 e. The highest BCUT2D eigenvalue weighted by molar-refractivity contribution is 5.86. The van der Waals surface area contributed by atoms with Crippen LogP contribution in [0.5, 0.6) is 0 Å². The maximum atomic E-state index is 11.5. The van der Waals surface area contributed by atoms with Gasteiger partial charge < -0.3 is 20.1 Å². The number of benzene rings is 1. The van der Waals surface area contributed by atoms with Crippen LogP contribution in [0.1, 0.15) is 21.6 Å². The number of aromatic nitrogens is 1. The quantitative estimate of drug-likeness (QED) is 0.764. The summed E-state index contributed by atoms with van der Waals surface area (Å²) in [5, 5.41) is 11.3. The van der Waals surface area contributed by atoms with Crippen LogP contribution in [0.25, 0.3) is 6.08 Å². The van der Waals surface area contributed by atoms with Gasteiger partial charge in [-0.1, -0.05) is 42.5 Å². The van der Waals surface area contributed by atoms with Crippen molar-refractivity contribution in [3.05, 3.63) is 65.5 Å². The van der Waals surface area contributed by atoms with Crippen molar-refractivity contribution in [1.82, 2.24) is 10.3 Å². The summed E-state index contributed by atoms with van der Waals surface area (Å²) in [6.07, 6.45) is 4.49. The molecule has 0 spiro atoms. The van der Waals surface area contributed by atoms with Gasteiger partial charge >= 0.3 is 12.1 Å². The summed E-state index contributed by atoms with van der Waals surface area (Å²) in [7, 11) is 0. The van der Waals surface area contributed by atoms with Crippen LogP contribution in [0, 0.1) is 0 Å². The van der Waals surface area contributed by atoms with Crippen molar-refractivity contribution in [3.8, 4) is 0 Å². The topological polar surface area (TPSA) is 91.4 Å². The van der Waals surface area contributed by atoms with Crippen molar-refractivity contribution >= 4 is 18.1 Å². The standard InChI is InChI=1S/C16H16N2O4/c19-15(20)14-9-13(10-18-14)7-4-8-17-16(21)22-11-12-5-2-1-3-6-12/h1-7,9-10,18H,8,11H2,(H,17,21)(H,19,20). The van der Waals surface area contributed by atoms with Gasteiger partial charge in [-0.15, -0.1) is 0 Å². The van der Waals surface area contributed by atoms with E-state index in [0.717, 1.165) is 11.1 Å². The minimum atomic E-state index is -1.01. The van der Waals surface area contributed by atoms with E-state index in [9.17, 15) is 9.59 Å². The zero-order chi connectivity index (χ0) is 15.8. The Kier molecular flexibility index (Phi) is 5.37. The molecule has 2 rings (SSSR count). The Labute approximate surface area is 127 Å². The zero-order valence-electron chi connectivity index (χ0n) is 11.8. The molecule has 0 fully saturated rings. The molecular formula is C16H16N2O4. The monoisotopic (exact) mass is 300 g/mol. The Morgan fingerprint density at radius 2 is 2.05 bits per heavy atom. The van der Waals surface area contributed by atoms with Gasteiger partial charge in [0.05, 0.1) is 0 Å². The first-order valence-electron chi connectivity index (χ1n) is 6.68. The zero-order valence-corrected chi connectivity index (χ0v) is 11.8. The highest BCUT2D eigenvalue weighted by Crippen LogP contribution is 2.05. The van der Waals surface area contributed by atoms with Crippen LogP contribution in [0.3, 0.4) is 0 Å². The predicted molar refractivity (Wildman–Crippen MR) is 81.4 cm³/mol. The largest absolute Gasteiger partial charge is 0.477 e. The molecule has 6 nitrogen and oxygen atoms in total. The maximum absolute atomic E-state index is 11.5. The summed E-state index contributed by atoms with van der Waals surface area (Å²) in [6, 6.07) is 10.9. The molecule has 1 aromatic heterocycles. The van der Waals surface area contributed by atoms with E-state index in [0.29, 0.717) is 6.54 Å². The number of hydrogen-bond donors (Lipinski definition) is 3. The minimum Gasteiger partial charge on any atom is -0.477 e. The van der Waals surface area contributed by atoms with Crippen molar-refractivity contribution < 1.29 is 19.4 Å². The van der Waals surface area contributed by atoms with Gasteiger partial charge in [-0.05, 0) is 17.2 Å². The normalized spacial score (nSPS) is 10.5. The first-order valence-corrected chi connectivity index (χ1v) is 6.68. The molecule has 2 aromatic rings. The van der Waals surface area contributed by atoms with Crippen molar-refractivity contribution in [2.75, 3.05) is 6.54 Å². The SMILES string of the molecule is O=C(NCC=Cc1c[nH]c(C(=O)O)c1)OCc1ccccc1. The molecule has 0 aliphatic heterocycles. The second kappa shape index (κ2) is 7.68. The highest BCUT2D eigenvalue weighted by Gasteiger charge is 2.04. The Bertz CT molecular complexity index is 662. The number of aromatic amines is 1. The second-order valence-electron chi connectivity index (χ2n) is 4.50. The summed E-state index contributed by atoms with van der Waals surface area (Å²) in [5.74, 6) is -1.01. The van der Waals surface area contributed by atoms with E-state index < -0.39 is 12.1 Å². The molecule has 1 amide bonds. The van der Waals surface area contributed by atoms with Crippen LogP contribution in [0.15, 0.2) is 48.7 Å². The van der Waals surface area contributed by atoms with Gasteiger partial charge in [-0.2, -0.15) is 0 Å². The van der Waals surface area contributed by atoms with Crippen LogP contribution in [0.2, 0.25) is 0 Å². The lowest BCUT2D eigenvalue weighted by Gasteiger charge is -2.05. The average Bonchev–Trinajstić information content (AvgIpc) is 3.00. The van der Waals surface area contributed by atoms with Gasteiger partial charge in [0.15, 0.2) is 0 Å². The molecule has 0 aliphatic carbocycles. The second-order valence-corrected chi connectivity index (χ2v) is 4.50. The molecule has 1 aromatic carbocycles. The van der Waals surface area contributed by atoms with E-state index in [1.165, 1.54) is 6.07 Å². The third kappa shape index (κ3) is 4.82. The van der Waals surface area contributed by atoms with Crippen LogP contribution in [-0.4, -0.2) is 28.7 Å². The van der Waals surface area contributed by atoms with Crippen molar-refractivity contribution in [3.63, 3.8) is 0 Å². The fourth-order valence-electron chi connectivity index (χ4n) is 1.74. The summed E-state index contributed by atoms with van der Waals surface area (Å²) in [5.41, 5.74) is 1.76. The molecular weight excluding hydrogens is 284 g/mol. The number of carbonyl (C=O) groups is 2. The average molecular weight is 300 g/mol. The molecule has 0 bridgehead atoms. The van der Waals surface area contributed by atoms with Crippen LogP contribution < -0.4 is 5.32 Å². The molecule has 0 atom stereocenters. The first kappa shape index (κ1) is 15.4. The molecule has 0 unspecified atom stereocenters. The van der Waals surface area contributed by atoms with Crippen LogP contribution >= 0.6 is 0 Å². The van der Waals surface area contributed by atoms with Gasteiger partial charge in [0.1, 0.15) is 12.3 Å². The van der Waals surface area contributed by atoms with Gasteiger partial charge in [0, 0.05) is 12.7 Å². The van der Waals surface area contributed by atoms with Crippen LogP contribution in [0.4, 0.5) is 4.79 Å². The predicted octanol–water partition coefficient (Wildman–Crippen LogP) is 2.65. The third-order valence-corrected chi connectivity index (χ3v) is 2.82. The third-order valence-electron chi connectivity index (χ3n) is 2.82. The van der Waals surface area contributed by atoms with Gasteiger partial charge in [0.25, 0.3) is 0 Å². The lowest BCUT2D eigenvalue weighted by molar-refractivity contribution is 0.0691. The first-order chi connectivity index (χ1) is 10.6. The van der Waals surface area contributed by atoms with Crippen molar-refractivity contribution in [1.29, 1.82) is 0 Å². The van der Waals surface area contributed by atoms with E-state index in [2.05, 4.69) is 10.3 Å². The number of nitrogens with one attached hydrogen (secondary N) is 2. The number of ether oxygens (including phenoxy) is 1. The lowest BCUT2D eigenvalue weighted by Crippen LogP contribution is -2.24. The number of carboxylic acids is 1. The van der Waals surface area contributed by atoms with Gasteiger partial charge in [-0.25, -0.2) is 9.59 Å². The van der Waals surface area contributed by atoms with Gasteiger partial charge in [0.2, 0.25) is 0 Å².